The van der Waals surface area contributed by atoms with Gasteiger partial charge >= 0.3 is 0 Å². The van der Waals surface area contributed by atoms with Crippen LogP contribution in [0.25, 0.3) is 0 Å². The van der Waals surface area contributed by atoms with Crippen molar-refractivity contribution in [2.24, 2.45) is 5.92 Å². The van der Waals surface area contributed by atoms with E-state index in [-0.39, 0.29) is 0 Å². The summed E-state index contributed by atoms with van der Waals surface area (Å²) in [7, 11) is 4.40. The highest BCUT2D eigenvalue weighted by atomic mass is 32.2. The first-order valence-electron chi connectivity index (χ1n) is 8.36. The van der Waals surface area contributed by atoms with Gasteiger partial charge in [0.25, 0.3) is 0 Å². The molecule has 0 aliphatic carbocycles. The number of nitrogens with zero attached hydrogens (tertiary/aromatic N) is 2. The van der Waals surface area contributed by atoms with Crippen molar-refractivity contribution in [1.82, 2.24) is 4.90 Å². The second-order valence-corrected chi connectivity index (χ2v) is 7.98. The van der Waals surface area contributed by atoms with Crippen LogP contribution in [-0.2, 0) is 0 Å². The molecule has 1 heterocycles. The fourth-order valence-corrected chi connectivity index (χ4v) is 4.28. The Hall–Kier alpha value is -1.45. The summed E-state index contributed by atoms with van der Waals surface area (Å²) in [6.07, 6.45) is 1.21. The quantitative estimate of drug-likeness (QED) is 0.739. The van der Waals surface area contributed by atoms with Gasteiger partial charge in [-0.05, 0) is 50.7 Å². The van der Waals surface area contributed by atoms with Crippen LogP contribution < -0.4 is 4.90 Å². The number of rotatable bonds is 5. The van der Waals surface area contributed by atoms with Crippen LogP contribution in [0.5, 0.6) is 0 Å². The molecule has 3 rings (SSSR count). The molecule has 0 saturated carbocycles. The van der Waals surface area contributed by atoms with Crippen molar-refractivity contribution in [3.63, 3.8) is 0 Å². The van der Waals surface area contributed by atoms with Gasteiger partial charge in [0.1, 0.15) is 0 Å². The number of hydrogen-bond donors (Lipinski definition) is 0. The van der Waals surface area contributed by atoms with Gasteiger partial charge < -0.3 is 9.80 Å². The van der Waals surface area contributed by atoms with Crippen LogP contribution in [0.15, 0.2) is 58.3 Å². The van der Waals surface area contributed by atoms with Crippen LogP contribution in [0.2, 0.25) is 0 Å². The van der Waals surface area contributed by atoms with Crippen LogP contribution >= 0.6 is 11.8 Å². The molecule has 3 heteroatoms. The summed E-state index contributed by atoms with van der Waals surface area (Å²) in [4.78, 5) is 7.59. The van der Waals surface area contributed by atoms with Gasteiger partial charge in [-0.3, -0.25) is 0 Å². The molecule has 1 atom stereocenters. The Bertz CT molecular complexity index is 621. The molecular formula is C20H26N2S. The molecule has 0 aromatic heterocycles. The summed E-state index contributed by atoms with van der Waals surface area (Å²) in [5, 5.41) is 0. The lowest BCUT2D eigenvalue weighted by molar-refractivity contribution is 0.260. The molecule has 23 heavy (non-hydrogen) atoms. The summed E-state index contributed by atoms with van der Waals surface area (Å²) < 4.78 is 0. The molecule has 0 fully saturated rings. The molecule has 0 N–H and O–H groups in total. The molecule has 2 nitrogen and oxygen atoms in total. The Labute approximate surface area is 144 Å². The van der Waals surface area contributed by atoms with Gasteiger partial charge in [-0.2, -0.15) is 0 Å². The molecule has 0 radical (unpaired) electrons. The first-order valence-corrected chi connectivity index (χ1v) is 9.17. The van der Waals surface area contributed by atoms with E-state index < -0.39 is 0 Å². The zero-order valence-corrected chi connectivity index (χ0v) is 15.3. The second-order valence-electron chi connectivity index (χ2n) is 6.90. The Morgan fingerprint density at radius 2 is 1.43 bits per heavy atom. The average Bonchev–Trinajstić information content (AvgIpc) is 2.53. The first kappa shape index (κ1) is 16.4. The van der Waals surface area contributed by atoms with Gasteiger partial charge in [0, 0.05) is 22.4 Å². The number of benzene rings is 2. The monoisotopic (exact) mass is 326 g/mol. The number of anilines is 2. The van der Waals surface area contributed by atoms with Crippen molar-refractivity contribution in [1.29, 1.82) is 0 Å². The van der Waals surface area contributed by atoms with Crippen molar-refractivity contribution < 1.29 is 0 Å². The topological polar surface area (TPSA) is 6.48 Å². The first-order chi connectivity index (χ1) is 11.1. The highest BCUT2D eigenvalue weighted by Gasteiger charge is 2.26. The lowest BCUT2D eigenvalue weighted by atomic mass is 10.0. The number of fused-ring (bicyclic) bond motifs is 2. The normalized spacial score (nSPS) is 14.8. The van der Waals surface area contributed by atoms with Crippen molar-refractivity contribution in [3.05, 3.63) is 48.5 Å². The van der Waals surface area contributed by atoms with Gasteiger partial charge in [-0.15, -0.1) is 0 Å². The van der Waals surface area contributed by atoms with Crippen molar-refractivity contribution in [3.8, 4) is 0 Å². The summed E-state index contributed by atoms with van der Waals surface area (Å²) in [6.45, 7) is 5.65. The van der Waals surface area contributed by atoms with Crippen LogP contribution in [-0.4, -0.2) is 31.6 Å². The van der Waals surface area contributed by atoms with Gasteiger partial charge in [0.05, 0.1) is 11.4 Å². The minimum absolute atomic E-state index is 0.541. The van der Waals surface area contributed by atoms with Crippen LogP contribution in [0.4, 0.5) is 11.4 Å². The van der Waals surface area contributed by atoms with Crippen molar-refractivity contribution in [2.75, 3.05) is 25.5 Å². The van der Waals surface area contributed by atoms with E-state index in [1.54, 1.807) is 0 Å². The summed E-state index contributed by atoms with van der Waals surface area (Å²) >= 11 is 1.88. The van der Waals surface area contributed by atoms with Gasteiger partial charge in [-0.1, -0.05) is 49.9 Å². The van der Waals surface area contributed by atoms with E-state index in [9.17, 15) is 0 Å². The number of likely N-dealkylation sites (N-methyl/N-ethyl adjacent to an activating group) is 1. The largest absolute Gasteiger partial charge is 0.338 e. The van der Waals surface area contributed by atoms with E-state index in [0.717, 1.165) is 6.54 Å². The summed E-state index contributed by atoms with van der Waals surface area (Å²) in [6, 6.07) is 18.1. The van der Waals surface area contributed by atoms with Gasteiger partial charge in [0.2, 0.25) is 0 Å². The summed E-state index contributed by atoms with van der Waals surface area (Å²) in [5.41, 5.74) is 2.68. The van der Waals surface area contributed by atoms with E-state index in [2.05, 4.69) is 86.3 Å². The smallest absolute Gasteiger partial charge is 0.0553 e. The minimum atomic E-state index is 0.541. The molecule has 0 amide bonds. The SMILES string of the molecule is CC(C)CC(CN1c2ccccc2Sc2ccccc21)N(C)C. The fraction of sp³-hybridized carbons (Fsp3) is 0.400. The maximum absolute atomic E-state index is 2.51. The highest BCUT2D eigenvalue weighted by Crippen LogP contribution is 2.47. The van der Waals surface area contributed by atoms with E-state index in [1.807, 2.05) is 11.8 Å². The molecule has 0 bridgehead atoms. The number of hydrogen-bond acceptors (Lipinski definition) is 3. The van der Waals surface area contributed by atoms with E-state index in [4.69, 9.17) is 0 Å². The molecular weight excluding hydrogens is 300 g/mol. The van der Waals surface area contributed by atoms with Crippen LogP contribution in [0.1, 0.15) is 20.3 Å². The molecule has 1 unspecified atom stereocenters. The minimum Gasteiger partial charge on any atom is -0.338 e. The molecule has 0 saturated heterocycles. The van der Waals surface area contributed by atoms with E-state index in [0.29, 0.717) is 12.0 Å². The molecule has 1 aliphatic heterocycles. The molecule has 1 aliphatic rings. The maximum Gasteiger partial charge on any atom is 0.0553 e. The summed E-state index contributed by atoms with van der Waals surface area (Å²) in [5.74, 6) is 0.701. The van der Waals surface area contributed by atoms with E-state index >= 15 is 0 Å². The third-order valence-corrected chi connectivity index (χ3v) is 5.53. The third-order valence-electron chi connectivity index (χ3n) is 4.40. The average molecular weight is 327 g/mol. The maximum atomic E-state index is 2.51. The molecule has 0 spiro atoms. The second kappa shape index (κ2) is 6.98. The van der Waals surface area contributed by atoms with Crippen molar-refractivity contribution >= 4 is 23.1 Å². The lowest BCUT2D eigenvalue weighted by Crippen LogP contribution is -2.40. The predicted octanol–water partition coefficient (Wildman–Crippen LogP) is 5.27. The number of para-hydroxylation sites is 2. The molecule has 122 valence electrons. The lowest BCUT2D eigenvalue weighted by Gasteiger charge is -2.37. The van der Waals surface area contributed by atoms with Gasteiger partial charge in [0.15, 0.2) is 0 Å². The predicted molar refractivity (Wildman–Crippen MR) is 101 cm³/mol. The Kier molecular flexibility index (Phi) is 4.98. The zero-order chi connectivity index (χ0) is 16.4. The highest BCUT2D eigenvalue weighted by molar-refractivity contribution is 7.99. The Morgan fingerprint density at radius 1 is 0.913 bits per heavy atom. The Balaban J connectivity index is 1.97. The molecule has 2 aromatic carbocycles. The Morgan fingerprint density at radius 3 is 1.91 bits per heavy atom. The molecule has 2 aromatic rings. The zero-order valence-electron chi connectivity index (χ0n) is 14.5. The van der Waals surface area contributed by atoms with E-state index in [1.165, 1.54) is 27.6 Å². The van der Waals surface area contributed by atoms with Crippen LogP contribution in [0.3, 0.4) is 0 Å². The van der Waals surface area contributed by atoms with Crippen molar-refractivity contribution in [2.45, 2.75) is 36.1 Å². The third kappa shape index (κ3) is 3.56. The fourth-order valence-electron chi connectivity index (χ4n) is 3.18. The standard InChI is InChI=1S/C20H26N2S/c1-15(2)13-16(21(3)4)14-22-17-9-5-7-11-19(17)23-20-12-8-6-10-18(20)22/h5-12,15-16H,13-14H2,1-4H3. The van der Waals surface area contributed by atoms with Gasteiger partial charge in [-0.25, -0.2) is 0 Å². The van der Waals surface area contributed by atoms with Crippen LogP contribution in [0, 0.1) is 5.92 Å².